The smallest absolute Gasteiger partial charge is 0.269 e. The van der Waals surface area contributed by atoms with Crippen LogP contribution in [-0.4, -0.2) is 15.1 Å². The van der Waals surface area contributed by atoms with E-state index in [1.54, 1.807) is 18.2 Å². The first kappa shape index (κ1) is 16.3. The molecule has 3 aromatic rings. The van der Waals surface area contributed by atoms with Crippen LogP contribution in [0.5, 0.6) is 11.6 Å². The fraction of sp³-hybridized carbons (Fsp3) is 0.0526. The number of rotatable bonds is 6. The fourth-order valence-corrected chi connectivity index (χ4v) is 2.34. The Kier molecular flexibility index (Phi) is 4.80. The molecule has 6 heteroatoms. The number of non-ortho nitro benzene ring substituents is 1. The molecule has 0 atom stereocenters. The second-order valence-corrected chi connectivity index (χ2v) is 5.27. The Hall–Kier alpha value is -3.54. The summed E-state index contributed by atoms with van der Waals surface area (Å²) in [7, 11) is 0. The monoisotopic (exact) mass is 333 g/mol. The second-order valence-electron chi connectivity index (χ2n) is 5.27. The Morgan fingerprint density at radius 3 is 2.52 bits per heavy atom. The lowest BCUT2D eigenvalue weighted by Gasteiger charge is -2.09. The average Bonchev–Trinajstić information content (AvgIpc) is 2.64. The Bertz CT molecular complexity index is 894. The molecular formula is C19H15N3O3. The first-order valence-corrected chi connectivity index (χ1v) is 7.62. The van der Waals surface area contributed by atoms with Gasteiger partial charge in [-0.1, -0.05) is 36.4 Å². The van der Waals surface area contributed by atoms with Gasteiger partial charge in [0, 0.05) is 29.3 Å². The predicted octanol–water partition coefficient (Wildman–Crippen LogP) is 4.57. The molecule has 1 heterocycles. The molecule has 0 saturated heterocycles. The van der Waals surface area contributed by atoms with Crippen LogP contribution in [0.2, 0.25) is 0 Å². The van der Waals surface area contributed by atoms with Crippen LogP contribution in [-0.2, 0) is 6.42 Å². The zero-order chi connectivity index (χ0) is 17.6. The van der Waals surface area contributed by atoms with Crippen molar-refractivity contribution in [2.75, 3.05) is 0 Å². The summed E-state index contributed by atoms with van der Waals surface area (Å²) < 4.78 is 5.74. The van der Waals surface area contributed by atoms with Gasteiger partial charge in [0.2, 0.25) is 5.88 Å². The molecule has 0 aliphatic heterocycles. The largest absolute Gasteiger partial charge is 0.437 e. The highest BCUT2D eigenvalue weighted by Gasteiger charge is 2.12. The van der Waals surface area contributed by atoms with Crippen molar-refractivity contribution in [3.05, 3.63) is 89.0 Å². The van der Waals surface area contributed by atoms with Crippen molar-refractivity contribution in [1.29, 1.82) is 0 Å². The Morgan fingerprint density at radius 2 is 1.88 bits per heavy atom. The van der Waals surface area contributed by atoms with Crippen molar-refractivity contribution in [3.8, 4) is 22.9 Å². The van der Waals surface area contributed by atoms with Crippen molar-refractivity contribution in [2.45, 2.75) is 6.42 Å². The van der Waals surface area contributed by atoms with Crippen LogP contribution in [0, 0.1) is 10.1 Å². The van der Waals surface area contributed by atoms with Crippen LogP contribution >= 0.6 is 0 Å². The van der Waals surface area contributed by atoms with Crippen LogP contribution < -0.4 is 4.74 Å². The Morgan fingerprint density at radius 1 is 1.08 bits per heavy atom. The van der Waals surface area contributed by atoms with Crippen LogP contribution in [0.3, 0.4) is 0 Å². The highest BCUT2D eigenvalue weighted by Crippen LogP contribution is 2.29. The number of nitrogens with zero attached hydrogens (tertiary/aromatic N) is 3. The first-order valence-electron chi connectivity index (χ1n) is 7.62. The van der Waals surface area contributed by atoms with E-state index in [1.165, 1.54) is 12.1 Å². The molecule has 6 nitrogen and oxygen atoms in total. The summed E-state index contributed by atoms with van der Waals surface area (Å²) in [4.78, 5) is 10.5. The van der Waals surface area contributed by atoms with Gasteiger partial charge < -0.3 is 4.74 Å². The minimum Gasteiger partial charge on any atom is -0.437 e. The highest BCUT2D eigenvalue weighted by molar-refractivity contribution is 5.58. The minimum absolute atomic E-state index is 0.00899. The van der Waals surface area contributed by atoms with E-state index in [2.05, 4.69) is 16.8 Å². The molecule has 25 heavy (non-hydrogen) atoms. The van der Waals surface area contributed by atoms with Crippen molar-refractivity contribution >= 4 is 5.69 Å². The molecule has 0 unspecified atom stereocenters. The summed E-state index contributed by atoms with van der Waals surface area (Å²) in [6.07, 6.45) is 2.11. The van der Waals surface area contributed by atoms with Gasteiger partial charge in [-0.25, -0.2) is 0 Å². The molecule has 0 N–H and O–H groups in total. The van der Waals surface area contributed by atoms with E-state index in [0.29, 0.717) is 23.6 Å². The number of hydrogen-bond donors (Lipinski definition) is 0. The molecule has 0 aliphatic carbocycles. The molecule has 3 rings (SSSR count). The van der Waals surface area contributed by atoms with E-state index in [4.69, 9.17) is 4.74 Å². The van der Waals surface area contributed by atoms with Crippen LogP contribution in [0.15, 0.2) is 73.3 Å². The minimum atomic E-state index is -0.440. The maximum atomic E-state index is 10.9. The zero-order valence-corrected chi connectivity index (χ0v) is 13.3. The number of ether oxygens (including phenoxy) is 1. The third-order valence-electron chi connectivity index (χ3n) is 3.54. The van der Waals surface area contributed by atoms with Gasteiger partial charge in [-0.05, 0) is 18.6 Å². The summed E-state index contributed by atoms with van der Waals surface area (Å²) in [5.41, 5.74) is 2.38. The molecule has 2 aromatic carbocycles. The van der Waals surface area contributed by atoms with Gasteiger partial charge in [0.25, 0.3) is 5.69 Å². The standard InChI is InChI=1S/C19H15N3O3/c1-2-6-15-13-16(22(23)24)9-11-18(15)25-19-12-10-17(20-21-19)14-7-4-3-5-8-14/h2-5,7-13H,1,6H2. The second kappa shape index (κ2) is 7.35. The van der Waals surface area contributed by atoms with E-state index < -0.39 is 4.92 Å². The lowest BCUT2D eigenvalue weighted by Crippen LogP contribution is -1.97. The molecule has 0 amide bonds. The average molecular weight is 333 g/mol. The molecule has 0 aliphatic rings. The Labute approximate surface area is 144 Å². The van der Waals surface area contributed by atoms with Gasteiger partial charge in [-0.3, -0.25) is 10.1 Å². The summed E-state index contributed by atoms with van der Waals surface area (Å²) in [6, 6.07) is 17.7. The number of nitro groups is 1. The molecular weight excluding hydrogens is 318 g/mol. The number of benzene rings is 2. The fourth-order valence-electron chi connectivity index (χ4n) is 2.34. The van der Waals surface area contributed by atoms with Crippen LogP contribution in [0.1, 0.15) is 5.56 Å². The normalized spacial score (nSPS) is 10.2. The molecule has 0 bridgehead atoms. The summed E-state index contributed by atoms with van der Waals surface area (Å²) in [6.45, 7) is 3.67. The molecule has 0 saturated carbocycles. The number of nitro benzene ring substituents is 1. The van der Waals surface area contributed by atoms with Gasteiger partial charge in [-0.15, -0.1) is 16.8 Å². The number of aromatic nitrogens is 2. The Balaban J connectivity index is 1.84. The van der Waals surface area contributed by atoms with Gasteiger partial charge in [0.05, 0.1) is 10.6 Å². The highest BCUT2D eigenvalue weighted by atomic mass is 16.6. The summed E-state index contributed by atoms with van der Waals surface area (Å²) in [5, 5.41) is 19.2. The van der Waals surface area contributed by atoms with Crippen molar-refractivity contribution in [3.63, 3.8) is 0 Å². The maximum Gasteiger partial charge on any atom is 0.269 e. The zero-order valence-electron chi connectivity index (χ0n) is 13.3. The van der Waals surface area contributed by atoms with Gasteiger partial charge in [0.1, 0.15) is 5.75 Å². The van der Waals surface area contributed by atoms with Gasteiger partial charge >= 0.3 is 0 Å². The van der Waals surface area contributed by atoms with Crippen LogP contribution in [0.25, 0.3) is 11.3 Å². The van der Waals surface area contributed by atoms with E-state index in [0.717, 1.165) is 11.3 Å². The van der Waals surface area contributed by atoms with E-state index >= 15 is 0 Å². The number of hydrogen-bond acceptors (Lipinski definition) is 5. The molecule has 1 aromatic heterocycles. The lowest BCUT2D eigenvalue weighted by atomic mass is 10.1. The summed E-state index contributed by atoms with van der Waals surface area (Å²) in [5.74, 6) is 0.811. The molecule has 0 fully saturated rings. The maximum absolute atomic E-state index is 10.9. The SMILES string of the molecule is C=CCc1cc([N+](=O)[O-])ccc1Oc1ccc(-c2ccccc2)nn1. The van der Waals surface area contributed by atoms with Crippen molar-refractivity contribution in [1.82, 2.24) is 10.2 Å². The van der Waals surface area contributed by atoms with E-state index in [1.807, 2.05) is 36.4 Å². The van der Waals surface area contributed by atoms with Gasteiger partial charge in [0.15, 0.2) is 0 Å². The van der Waals surface area contributed by atoms with Crippen LogP contribution in [0.4, 0.5) is 5.69 Å². The third kappa shape index (κ3) is 3.87. The topological polar surface area (TPSA) is 78.2 Å². The quantitative estimate of drug-likeness (QED) is 0.375. The third-order valence-corrected chi connectivity index (χ3v) is 3.54. The molecule has 0 spiro atoms. The van der Waals surface area contributed by atoms with E-state index in [-0.39, 0.29) is 5.69 Å². The first-order chi connectivity index (χ1) is 12.2. The van der Waals surface area contributed by atoms with E-state index in [9.17, 15) is 10.1 Å². The molecule has 0 radical (unpaired) electrons. The summed E-state index contributed by atoms with van der Waals surface area (Å²) >= 11 is 0. The van der Waals surface area contributed by atoms with Gasteiger partial charge in [-0.2, -0.15) is 0 Å². The lowest BCUT2D eigenvalue weighted by molar-refractivity contribution is -0.384. The van der Waals surface area contributed by atoms with Crippen molar-refractivity contribution in [2.24, 2.45) is 0 Å². The predicted molar refractivity (Wildman–Crippen MR) is 94.5 cm³/mol. The van der Waals surface area contributed by atoms with Crippen molar-refractivity contribution < 1.29 is 9.66 Å². The number of allylic oxidation sites excluding steroid dienone is 1. The molecule has 124 valence electrons.